The zero-order valence-electron chi connectivity index (χ0n) is 21.4. The number of phenolic OH excluding ortho intramolecular Hbond substituents is 1. The number of fused-ring (bicyclic) bond motifs is 1. The average molecular weight is 540 g/mol. The van der Waals surface area contributed by atoms with Crippen molar-refractivity contribution in [3.63, 3.8) is 0 Å². The maximum atomic E-state index is 15.6. The number of aromatic hydroxyl groups is 1. The van der Waals surface area contributed by atoms with Crippen LogP contribution in [0.5, 0.6) is 5.75 Å². The van der Waals surface area contributed by atoms with Crippen LogP contribution in [0.2, 0.25) is 0 Å². The number of aromatic nitrogens is 1. The molecule has 1 saturated heterocycles. The zero-order valence-corrected chi connectivity index (χ0v) is 21.4. The summed E-state index contributed by atoms with van der Waals surface area (Å²) in [6.45, 7) is 1.51. The number of hydrogen-bond donors (Lipinski definition) is 3. The number of ether oxygens (including phenoxy) is 2. The molecule has 206 valence electrons. The van der Waals surface area contributed by atoms with Crippen molar-refractivity contribution in [1.82, 2.24) is 9.88 Å². The molecule has 0 radical (unpaired) electrons. The minimum Gasteiger partial charge on any atom is -0.504 e. The van der Waals surface area contributed by atoms with Crippen LogP contribution >= 0.6 is 0 Å². The molecule has 0 unspecified atom stereocenters. The Bertz CT molecular complexity index is 1460. The number of aliphatic hydroxyl groups excluding tert-OH is 1. The number of hydrogen-bond acceptors (Lipinski definition) is 8. The lowest BCUT2D eigenvalue weighted by Crippen LogP contribution is -2.38. The van der Waals surface area contributed by atoms with Crippen molar-refractivity contribution in [2.24, 2.45) is 0 Å². The minimum atomic E-state index is -0.883. The maximum absolute atomic E-state index is 15.6. The highest BCUT2D eigenvalue weighted by atomic mass is 19.1. The van der Waals surface area contributed by atoms with Gasteiger partial charge in [0, 0.05) is 18.8 Å². The van der Waals surface area contributed by atoms with E-state index >= 15 is 4.39 Å². The van der Waals surface area contributed by atoms with Crippen molar-refractivity contribution in [3.05, 3.63) is 69.8 Å². The SMILES string of the molecule is CCOC(=O)c1cn(C2CC2)c2c(O)c(N3C[C@H](NC(=O)OCc4ccccc4)C[C@H]3CO)c(F)cc2c1=O. The Morgan fingerprint density at radius 2 is 1.92 bits per heavy atom. The van der Waals surface area contributed by atoms with E-state index in [1.807, 2.05) is 30.3 Å². The number of halogens is 1. The molecule has 3 aromatic rings. The van der Waals surface area contributed by atoms with E-state index in [4.69, 9.17) is 9.47 Å². The van der Waals surface area contributed by atoms with Crippen molar-refractivity contribution < 1.29 is 33.7 Å². The first kappa shape index (κ1) is 26.5. The molecule has 2 heterocycles. The van der Waals surface area contributed by atoms with Crippen LogP contribution in [-0.4, -0.2) is 58.7 Å². The number of nitrogens with one attached hydrogen (secondary N) is 1. The molecule has 2 atom stereocenters. The van der Waals surface area contributed by atoms with E-state index < -0.39 is 41.1 Å². The summed E-state index contributed by atoms with van der Waals surface area (Å²) in [7, 11) is 0. The van der Waals surface area contributed by atoms with Gasteiger partial charge in [-0.1, -0.05) is 30.3 Å². The summed E-state index contributed by atoms with van der Waals surface area (Å²) in [5, 5.41) is 24.0. The Kier molecular flexibility index (Phi) is 7.42. The summed E-state index contributed by atoms with van der Waals surface area (Å²) in [5.41, 5.74) is -0.203. The van der Waals surface area contributed by atoms with E-state index in [1.54, 1.807) is 11.5 Å². The number of phenols is 1. The fourth-order valence-corrected chi connectivity index (χ4v) is 5.13. The molecule has 10 nitrogen and oxygen atoms in total. The molecule has 39 heavy (non-hydrogen) atoms. The molecule has 2 fully saturated rings. The number of alkyl carbamates (subject to hydrolysis) is 1. The van der Waals surface area contributed by atoms with Crippen molar-refractivity contribution in [2.75, 3.05) is 24.7 Å². The zero-order chi connectivity index (χ0) is 27.7. The van der Waals surface area contributed by atoms with Crippen LogP contribution in [0.4, 0.5) is 14.9 Å². The number of nitrogens with zero attached hydrogens (tertiary/aromatic N) is 2. The Labute approximate surface area is 223 Å². The third-order valence-corrected chi connectivity index (χ3v) is 7.10. The maximum Gasteiger partial charge on any atom is 0.407 e. The molecule has 2 aliphatic rings. The summed E-state index contributed by atoms with van der Waals surface area (Å²) in [6.07, 6.45) is 2.53. The van der Waals surface area contributed by atoms with Crippen molar-refractivity contribution in [3.8, 4) is 5.75 Å². The first-order valence-electron chi connectivity index (χ1n) is 12.9. The van der Waals surface area contributed by atoms with Crippen molar-refractivity contribution in [1.29, 1.82) is 0 Å². The number of anilines is 1. The molecule has 1 aromatic heterocycles. The average Bonchev–Trinajstić information content (AvgIpc) is 3.69. The first-order valence-corrected chi connectivity index (χ1v) is 12.9. The summed E-state index contributed by atoms with van der Waals surface area (Å²) in [5.74, 6) is -2.16. The number of benzene rings is 2. The van der Waals surface area contributed by atoms with Gasteiger partial charge in [-0.25, -0.2) is 14.0 Å². The molecule has 0 spiro atoms. The van der Waals surface area contributed by atoms with Gasteiger partial charge in [0.1, 0.15) is 17.9 Å². The van der Waals surface area contributed by atoms with E-state index in [2.05, 4.69) is 5.32 Å². The normalized spacial score (nSPS) is 18.8. The van der Waals surface area contributed by atoms with Crippen LogP contribution in [0.3, 0.4) is 0 Å². The van der Waals surface area contributed by atoms with Crippen LogP contribution < -0.4 is 15.6 Å². The summed E-state index contributed by atoms with van der Waals surface area (Å²) in [6, 6.07) is 9.03. The Morgan fingerprint density at radius 3 is 2.59 bits per heavy atom. The minimum absolute atomic E-state index is 0.0634. The highest BCUT2D eigenvalue weighted by Gasteiger charge is 2.38. The molecule has 0 bridgehead atoms. The van der Waals surface area contributed by atoms with Gasteiger partial charge in [-0.3, -0.25) is 4.79 Å². The lowest BCUT2D eigenvalue weighted by atomic mass is 10.1. The van der Waals surface area contributed by atoms with Gasteiger partial charge in [-0.15, -0.1) is 0 Å². The van der Waals surface area contributed by atoms with Gasteiger partial charge in [0.15, 0.2) is 11.6 Å². The predicted molar refractivity (Wildman–Crippen MR) is 140 cm³/mol. The predicted octanol–water partition coefficient (Wildman–Crippen LogP) is 3.22. The van der Waals surface area contributed by atoms with Gasteiger partial charge >= 0.3 is 12.1 Å². The largest absolute Gasteiger partial charge is 0.504 e. The number of esters is 1. The van der Waals surface area contributed by atoms with E-state index in [0.717, 1.165) is 24.5 Å². The van der Waals surface area contributed by atoms with Crippen molar-refractivity contribution in [2.45, 2.75) is 50.9 Å². The highest BCUT2D eigenvalue weighted by Crippen LogP contribution is 2.44. The smallest absolute Gasteiger partial charge is 0.407 e. The number of carbonyl (C=O) groups is 2. The molecular weight excluding hydrogens is 509 g/mol. The van der Waals surface area contributed by atoms with Crippen LogP contribution in [0.15, 0.2) is 47.4 Å². The Morgan fingerprint density at radius 1 is 1.18 bits per heavy atom. The van der Waals surface area contributed by atoms with E-state index in [0.29, 0.717) is 0 Å². The molecule has 5 rings (SSSR count). The second-order valence-electron chi connectivity index (χ2n) is 9.81. The monoisotopic (exact) mass is 539 g/mol. The fourth-order valence-electron chi connectivity index (χ4n) is 5.13. The van der Waals surface area contributed by atoms with Crippen molar-refractivity contribution >= 4 is 28.7 Å². The van der Waals surface area contributed by atoms with Gasteiger partial charge < -0.3 is 34.5 Å². The fraction of sp³-hybridized carbons (Fsp3) is 0.393. The van der Waals surface area contributed by atoms with E-state index in [9.17, 15) is 24.6 Å². The van der Waals surface area contributed by atoms with Crippen LogP contribution in [0.25, 0.3) is 10.9 Å². The third-order valence-electron chi connectivity index (χ3n) is 7.10. The number of aliphatic hydroxyl groups is 1. The number of carbonyl (C=O) groups excluding carboxylic acids is 2. The number of rotatable bonds is 8. The first-order chi connectivity index (χ1) is 18.8. The Hall–Kier alpha value is -4.12. The van der Waals surface area contributed by atoms with Gasteiger partial charge in [0.25, 0.3) is 0 Å². The summed E-state index contributed by atoms with van der Waals surface area (Å²) >= 11 is 0. The van der Waals surface area contributed by atoms with Gasteiger partial charge in [0.2, 0.25) is 5.43 Å². The van der Waals surface area contributed by atoms with Gasteiger partial charge in [-0.2, -0.15) is 0 Å². The lowest BCUT2D eigenvalue weighted by Gasteiger charge is -2.27. The molecule has 3 N–H and O–H groups in total. The van der Waals surface area contributed by atoms with Crippen LogP contribution in [0.1, 0.15) is 48.1 Å². The number of pyridine rings is 1. The van der Waals surface area contributed by atoms with Crippen LogP contribution in [-0.2, 0) is 16.1 Å². The van der Waals surface area contributed by atoms with Gasteiger partial charge in [0.05, 0.1) is 36.2 Å². The number of amides is 1. The second-order valence-corrected chi connectivity index (χ2v) is 9.81. The molecule has 1 aliphatic heterocycles. The standard InChI is InChI=1S/C28H30FN3O7/c1-2-38-27(36)21-13-32(18-8-9-18)23-20(25(21)34)11-22(29)24(26(23)35)31-12-17(10-19(31)14-33)30-28(37)39-15-16-6-4-3-5-7-16/h3-7,11,13,17-19,33,35H,2,8-10,12,14-15H2,1H3,(H,30,37)/t17-,19+/m1/s1. The van der Waals surface area contributed by atoms with Crippen LogP contribution in [0, 0.1) is 5.82 Å². The summed E-state index contributed by atoms with van der Waals surface area (Å²) in [4.78, 5) is 39.4. The molecule has 1 aliphatic carbocycles. The third kappa shape index (κ3) is 5.26. The van der Waals surface area contributed by atoms with Gasteiger partial charge in [-0.05, 0) is 37.8 Å². The quantitative estimate of drug-likeness (QED) is 0.372. The van der Waals surface area contributed by atoms with E-state index in [-0.39, 0.29) is 61.0 Å². The summed E-state index contributed by atoms with van der Waals surface area (Å²) < 4.78 is 27.5. The molecule has 11 heteroatoms. The topological polar surface area (TPSA) is 130 Å². The molecule has 1 saturated carbocycles. The molecule has 2 aromatic carbocycles. The molecular formula is C28H30FN3O7. The highest BCUT2D eigenvalue weighted by molar-refractivity contribution is 5.97. The Balaban J connectivity index is 1.44. The lowest BCUT2D eigenvalue weighted by molar-refractivity contribution is 0.0524. The second kappa shape index (κ2) is 10.9. The molecule has 1 amide bonds. The van der Waals surface area contributed by atoms with E-state index in [1.165, 1.54) is 11.1 Å².